The fourth-order valence-electron chi connectivity index (χ4n) is 1.41. The van der Waals surface area contributed by atoms with Gasteiger partial charge < -0.3 is 10.5 Å². The van der Waals surface area contributed by atoms with E-state index in [1.54, 1.807) is 12.3 Å². The van der Waals surface area contributed by atoms with Gasteiger partial charge in [-0.15, -0.1) is 0 Å². The summed E-state index contributed by atoms with van der Waals surface area (Å²) in [5.41, 5.74) is 5.57. The summed E-state index contributed by atoms with van der Waals surface area (Å²) in [6.07, 6.45) is 5.59. The van der Waals surface area contributed by atoms with Crippen molar-refractivity contribution in [3.63, 3.8) is 0 Å². The van der Waals surface area contributed by atoms with Gasteiger partial charge in [-0.25, -0.2) is 4.98 Å². The van der Waals surface area contributed by atoms with E-state index in [1.807, 2.05) is 0 Å². The number of halogens is 1. The molecule has 0 atom stereocenters. The minimum absolute atomic E-state index is 0.497. The summed E-state index contributed by atoms with van der Waals surface area (Å²) in [5.74, 6) is 2.03. The zero-order valence-corrected chi connectivity index (χ0v) is 9.46. The van der Waals surface area contributed by atoms with Crippen molar-refractivity contribution in [3.05, 3.63) is 16.7 Å². The number of nitrogens with zero attached hydrogens (tertiary/aromatic N) is 1. The summed E-state index contributed by atoms with van der Waals surface area (Å²) < 4.78 is 6.52. The fraction of sp³-hybridized carbons (Fsp3) is 0.500. The van der Waals surface area contributed by atoms with Crippen LogP contribution in [0.1, 0.15) is 19.3 Å². The molecule has 1 aromatic heterocycles. The maximum atomic E-state index is 5.65. The molecule has 0 radical (unpaired) electrons. The molecular weight excluding hydrogens is 244 g/mol. The number of hydrogen-bond acceptors (Lipinski definition) is 3. The zero-order chi connectivity index (χ0) is 9.97. The molecule has 1 aliphatic rings. The summed E-state index contributed by atoms with van der Waals surface area (Å²) in [6, 6.07) is 1.75. The number of anilines is 1. The number of hydrogen-bond donors (Lipinski definition) is 1. The van der Waals surface area contributed by atoms with Gasteiger partial charge in [0, 0.05) is 12.3 Å². The van der Waals surface area contributed by atoms with Crippen molar-refractivity contribution in [2.45, 2.75) is 19.3 Å². The average molecular weight is 257 g/mol. The molecule has 76 valence electrons. The van der Waals surface area contributed by atoms with Gasteiger partial charge in [-0.1, -0.05) is 6.42 Å². The highest BCUT2D eigenvalue weighted by atomic mass is 79.9. The zero-order valence-electron chi connectivity index (χ0n) is 7.87. The van der Waals surface area contributed by atoms with Crippen LogP contribution in [0.2, 0.25) is 0 Å². The Morgan fingerprint density at radius 2 is 2.36 bits per heavy atom. The number of rotatable bonds is 3. The third-order valence-electron chi connectivity index (χ3n) is 2.54. The van der Waals surface area contributed by atoms with Crippen LogP contribution in [0.3, 0.4) is 0 Å². The quantitative estimate of drug-likeness (QED) is 0.905. The SMILES string of the molecule is Nc1cc(OCC2CCC2)c(Br)cn1. The van der Waals surface area contributed by atoms with Gasteiger partial charge in [-0.05, 0) is 34.7 Å². The normalized spacial score (nSPS) is 16.4. The summed E-state index contributed by atoms with van der Waals surface area (Å²) in [7, 11) is 0. The molecule has 1 fully saturated rings. The molecule has 0 aromatic carbocycles. The van der Waals surface area contributed by atoms with Crippen molar-refractivity contribution in [3.8, 4) is 5.75 Å². The maximum absolute atomic E-state index is 5.65. The molecule has 3 nitrogen and oxygen atoms in total. The minimum atomic E-state index is 0.497. The number of nitrogen functional groups attached to an aromatic ring is 1. The van der Waals surface area contributed by atoms with Gasteiger partial charge in [0.1, 0.15) is 11.6 Å². The number of pyridine rings is 1. The molecule has 1 saturated carbocycles. The van der Waals surface area contributed by atoms with Crippen LogP contribution in [0.4, 0.5) is 5.82 Å². The van der Waals surface area contributed by atoms with Crippen molar-refractivity contribution < 1.29 is 4.74 Å². The third-order valence-corrected chi connectivity index (χ3v) is 3.14. The van der Waals surface area contributed by atoms with Crippen LogP contribution in [0.5, 0.6) is 5.75 Å². The van der Waals surface area contributed by atoms with Gasteiger partial charge in [0.15, 0.2) is 0 Å². The lowest BCUT2D eigenvalue weighted by Crippen LogP contribution is -2.19. The lowest BCUT2D eigenvalue weighted by atomic mass is 9.86. The lowest BCUT2D eigenvalue weighted by Gasteiger charge is -2.25. The molecule has 0 aliphatic heterocycles. The summed E-state index contributed by atoms with van der Waals surface area (Å²) in [4.78, 5) is 3.95. The molecule has 0 unspecified atom stereocenters. The van der Waals surface area contributed by atoms with Gasteiger partial charge in [0.2, 0.25) is 0 Å². The van der Waals surface area contributed by atoms with Crippen LogP contribution in [-0.2, 0) is 0 Å². The highest BCUT2D eigenvalue weighted by molar-refractivity contribution is 9.10. The molecule has 1 aromatic rings. The Bertz CT molecular complexity index is 326. The third kappa shape index (κ3) is 2.18. The van der Waals surface area contributed by atoms with Crippen molar-refractivity contribution in [2.24, 2.45) is 5.92 Å². The van der Waals surface area contributed by atoms with Gasteiger partial charge in [0.25, 0.3) is 0 Å². The van der Waals surface area contributed by atoms with Gasteiger partial charge in [-0.2, -0.15) is 0 Å². The average Bonchev–Trinajstić information content (AvgIpc) is 2.08. The van der Waals surface area contributed by atoms with Crippen LogP contribution < -0.4 is 10.5 Å². The van der Waals surface area contributed by atoms with Crippen molar-refractivity contribution in [1.29, 1.82) is 0 Å². The van der Waals surface area contributed by atoms with E-state index in [-0.39, 0.29) is 0 Å². The molecule has 1 heterocycles. The van der Waals surface area contributed by atoms with Crippen molar-refractivity contribution in [2.75, 3.05) is 12.3 Å². The smallest absolute Gasteiger partial charge is 0.138 e. The first kappa shape index (κ1) is 9.77. The molecule has 0 amide bonds. The van der Waals surface area contributed by atoms with Crippen LogP contribution in [0, 0.1) is 5.92 Å². The lowest BCUT2D eigenvalue weighted by molar-refractivity contribution is 0.180. The first-order valence-corrected chi connectivity index (χ1v) is 5.59. The van der Waals surface area contributed by atoms with E-state index in [4.69, 9.17) is 10.5 Å². The topological polar surface area (TPSA) is 48.1 Å². The first-order valence-electron chi connectivity index (χ1n) is 4.79. The molecule has 0 spiro atoms. The van der Waals surface area contributed by atoms with Crippen LogP contribution in [-0.4, -0.2) is 11.6 Å². The Kier molecular flexibility index (Phi) is 2.91. The Labute approximate surface area is 91.8 Å². The van der Waals surface area contributed by atoms with Crippen LogP contribution in [0.25, 0.3) is 0 Å². The second-order valence-electron chi connectivity index (χ2n) is 3.65. The van der Waals surface area contributed by atoms with Crippen LogP contribution >= 0.6 is 15.9 Å². The maximum Gasteiger partial charge on any atom is 0.138 e. The molecule has 0 saturated heterocycles. The Balaban J connectivity index is 1.96. The number of ether oxygens (including phenoxy) is 1. The molecule has 4 heteroatoms. The standard InChI is InChI=1S/C10H13BrN2O/c11-8-5-13-10(12)4-9(8)14-6-7-2-1-3-7/h4-5,7H,1-3,6H2,(H2,12,13). The minimum Gasteiger partial charge on any atom is -0.492 e. The number of aromatic nitrogens is 1. The highest BCUT2D eigenvalue weighted by Gasteiger charge is 2.18. The fourth-order valence-corrected chi connectivity index (χ4v) is 1.74. The second-order valence-corrected chi connectivity index (χ2v) is 4.50. The Morgan fingerprint density at radius 1 is 1.57 bits per heavy atom. The van der Waals surface area contributed by atoms with Crippen molar-refractivity contribution >= 4 is 21.7 Å². The van der Waals surface area contributed by atoms with E-state index in [0.29, 0.717) is 5.82 Å². The summed E-state index contributed by atoms with van der Waals surface area (Å²) in [6.45, 7) is 0.794. The first-order chi connectivity index (χ1) is 6.75. The molecule has 2 rings (SSSR count). The Hall–Kier alpha value is -0.770. The molecular formula is C10H13BrN2O. The van der Waals surface area contributed by atoms with Gasteiger partial charge in [0.05, 0.1) is 11.1 Å². The largest absolute Gasteiger partial charge is 0.492 e. The predicted octanol–water partition coefficient (Wildman–Crippen LogP) is 2.61. The monoisotopic (exact) mass is 256 g/mol. The van der Waals surface area contributed by atoms with E-state index < -0.39 is 0 Å². The van der Waals surface area contributed by atoms with Crippen molar-refractivity contribution in [1.82, 2.24) is 4.98 Å². The molecule has 14 heavy (non-hydrogen) atoms. The van der Waals surface area contributed by atoms with E-state index in [9.17, 15) is 0 Å². The van der Waals surface area contributed by atoms with E-state index in [1.165, 1.54) is 19.3 Å². The van der Waals surface area contributed by atoms with Crippen LogP contribution in [0.15, 0.2) is 16.7 Å². The molecule has 0 bridgehead atoms. The van der Waals surface area contributed by atoms with Gasteiger partial charge in [-0.3, -0.25) is 0 Å². The predicted molar refractivity (Wildman–Crippen MR) is 59.2 cm³/mol. The molecule has 1 aliphatic carbocycles. The van der Waals surface area contributed by atoms with E-state index in [0.717, 1.165) is 22.7 Å². The summed E-state index contributed by atoms with van der Waals surface area (Å²) in [5, 5.41) is 0. The summed E-state index contributed by atoms with van der Waals surface area (Å²) >= 11 is 3.38. The Morgan fingerprint density at radius 3 is 3.00 bits per heavy atom. The second kappa shape index (κ2) is 4.17. The molecule has 2 N–H and O–H groups in total. The van der Waals surface area contributed by atoms with E-state index >= 15 is 0 Å². The highest BCUT2D eigenvalue weighted by Crippen LogP contribution is 2.30. The van der Waals surface area contributed by atoms with E-state index in [2.05, 4.69) is 20.9 Å². The number of nitrogens with two attached hydrogens (primary N) is 1. The van der Waals surface area contributed by atoms with Gasteiger partial charge >= 0.3 is 0 Å².